The first-order chi connectivity index (χ1) is 10.3. The van der Waals surface area contributed by atoms with Crippen LogP contribution in [-0.2, 0) is 16.2 Å². The normalized spacial score (nSPS) is 13.5. The second kappa shape index (κ2) is 6.41. The van der Waals surface area contributed by atoms with E-state index >= 15 is 0 Å². The molecule has 0 atom stereocenters. The van der Waals surface area contributed by atoms with Gasteiger partial charge in [0, 0.05) is 17.1 Å². The predicted octanol–water partition coefficient (Wildman–Crippen LogP) is 4.23. The van der Waals surface area contributed by atoms with Crippen molar-refractivity contribution in [3.63, 3.8) is 0 Å². The number of nitrogens with zero attached hydrogens (tertiary/aromatic N) is 1. The Morgan fingerprint density at radius 2 is 2.29 bits per heavy atom. The molecular formula is C15H13NO3S2. The van der Waals surface area contributed by atoms with E-state index in [1.165, 1.54) is 18.9 Å². The van der Waals surface area contributed by atoms with Gasteiger partial charge in [-0.25, -0.2) is 9.79 Å². The van der Waals surface area contributed by atoms with Gasteiger partial charge in [-0.15, -0.1) is 0 Å². The summed E-state index contributed by atoms with van der Waals surface area (Å²) in [5.74, 6) is 1.39. The summed E-state index contributed by atoms with van der Waals surface area (Å²) >= 11 is 3.32. The monoisotopic (exact) mass is 319 g/mol. The molecule has 0 spiro atoms. The topological polar surface area (TPSA) is 51.8 Å². The average Bonchev–Trinajstić information content (AvgIpc) is 3.00. The summed E-state index contributed by atoms with van der Waals surface area (Å²) in [7, 11) is 1.35. The number of hydrogen-bond acceptors (Lipinski definition) is 6. The van der Waals surface area contributed by atoms with Gasteiger partial charge >= 0.3 is 5.97 Å². The number of methoxy groups -OCH3 is 1. The summed E-state index contributed by atoms with van der Waals surface area (Å²) in [6.07, 6.45) is 1.51. The molecule has 1 aliphatic heterocycles. The van der Waals surface area contributed by atoms with Crippen molar-refractivity contribution in [1.82, 2.24) is 0 Å². The van der Waals surface area contributed by atoms with Crippen molar-refractivity contribution in [2.24, 2.45) is 4.99 Å². The lowest BCUT2D eigenvalue weighted by Gasteiger charge is -2.13. The van der Waals surface area contributed by atoms with Gasteiger partial charge in [0.1, 0.15) is 4.38 Å². The largest absolute Gasteiger partial charge is 0.463 e. The Morgan fingerprint density at radius 1 is 1.43 bits per heavy atom. The predicted molar refractivity (Wildman–Crippen MR) is 86.2 cm³/mol. The fourth-order valence-electron chi connectivity index (χ4n) is 1.95. The van der Waals surface area contributed by atoms with Crippen LogP contribution < -0.4 is 0 Å². The lowest BCUT2D eigenvalue weighted by Crippen LogP contribution is -2.03. The molecular weight excluding hydrogens is 306 g/mol. The number of ether oxygens (including phenoxy) is 1. The van der Waals surface area contributed by atoms with Crippen LogP contribution in [0.4, 0.5) is 5.69 Å². The van der Waals surface area contributed by atoms with E-state index in [0.717, 1.165) is 21.4 Å². The lowest BCUT2D eigenvalue weighted by atomic mass is 10.2. The molecule has 1 aromatic carbocycles. The van der Waals surface area contributed by atoms with Gasteiger partial charge in [-0.3, -0.25) is 0 Å². The number of thioether (sulfide) groups is 2. The Bertz CT molecular complexity index is 694. The number of furan rings is 1. The SMILES string of the molecule is COC(=O)c1occc1CSC1=Nc2ccccc2CS1. The van der Waals surface area contributed by atoms with Crippen molar-refractivity contribution in [1.29, 1.82) is 0 Å². The zero-order valence-electron chi connectivity index (χ0n) is 11.4. The molecule has 108 valence electrons. The van der Waals surface area contributed by atoms with Gasteiger partial charge in [-0.2, -0.15) is 0 Å². The van der Waals surface area contributed by atoms with Gasteiger partial charge < -0.3 is 9.15 Å². The van der Waals surface area contributed by atoms with Gasteiger partial charge in [-0.05, 0) is 17.7 Å². The molecule has 0 unspecified atom stereocenters. The second-order valence-electron chi connectivity index (χ2n) is 4.35. The van der Waals surface area contributed by atoms with E-state index in [-0.39, 0.29) is 5.76 Å². The molecule has 4 nitrogen and oxygen atoms in total. The summed E-state index contributed by atoms with van der Waals surface area (Å²) in [5.41, 5.74) is 3.11. The highest BCUT2D eigenvalue weighted by Gasteiger charge is 2.18. The Labute approximate surface area is 131 Å². The highest BCUT2D eigenvalue weighted by atomic mass is 32.2. The highest BCUT2D eigenvalue weighted by molar-refractivity contribution is 8.38. The fourth-order valence-corrected chi connectivity index (χ4v) is 3.99. The summed E-state index contributed by atoms with van der Waals surface area (Å²) in [6.45, 7) is 0. The van der Waals surface area contributed by atoms with E-state index < -0.39 is 5.97 Å². The number of carbonyl (C=O) groups excluding carboxylic acids is 1. The molecule has 21 heavy (non-hydrogen) atoms. The molecule has 0 saturated heterocycles. The van der Waals surface area contributed by atoms with Crippen molar-refractivity contribution in [2.45, 2.75) is 11.5 Å². The number of rotatable bonds is 3. The number of benzene rings is 1. The average molecular weight is 319 g/mol. The highest BCUT2D eigenvalue weighted by Crippen LogP contribution is 2.35. The molecule has 0 fully saturated rings. The van der Waals surface area contributed by atoms with Crippen LogP contribution in [0.15, 0.2) is 46.0 Å². The smallest absolute Gasteiger partial charge is 0.374 e. The standard InChI is InChI=1S/C15H13NO3S2/c1-18-14(17)13-11(6-7-19-13)9-21-15-16-12-5-3-2-4-10(12)8-20-15/h2-7H,8-9H2,1H3. The van der Waals surface area contributed by atoms with E-state index in [4.69, 9.17) is 9.15 Å². The summed E-state index contributed by atoms with van der Waals surface area (Å²) in [5, 5.41) is 0. The summed E-state index contributed by atoms with van der Waals surface area (Å²) < 4.78 is 10.9. The first kappa shape index (κ1) is 14.3. The number of hydrogen-bond donors (Lipinski definition) is 0. The second-order valence-corrected chi connectivity index (χ2v) is 6.54. The number of aliphatic imine (C=N–C) groups is 1. The molecule has 6 heteroatoms. The molecule has 2 aromatic rings. The third kappa shape index (κ3) is 3.16. The van der Waals surface area contributed by atoms with Gasteiger partial charge in [0.2, 0.25) is 5.76 Å². The minimum atomic E-state index is -0.445. The third-order valence-corrected chi connectivity index (χ3v) is 5.32. The minimum absolute atomic E-state index is 0.270. The van der Waals surface area contributed by atoms with Crippen molar-refractivity contribution in [2.75, 3.05) is 7.11 Å². The van der Waals surface area contributed by atoms with Crippen LogP contribution in [-0.4, -0.2) is 17.5 Å². The minimum Gasteiger partial charge on any atom is -0.463 e. The maximum Gasteiger partial charge on any atom is 0.374 e. The maximum atomic E-state index is 11.5. The first-order valence-corrected chi connectivity index (χ1v) is 8.32. The van der Waals surface area contributed by atoms with Crippen LogP contribution in [0.2, 0.25) is 0 Å². The van der Waals surface area contributed by atoms with Gasteiger partial charge in [0.25, 0.3) is 0 Å². The van der Waals surface area contributed by atoms with Crippen molar-refractivity contribution in [3.05, 3.63) is 53.5 Å². The molecule has 2 heterocycles. The molecule has 1 aromatic heterocycles. The van der Waals surface area contributed by atoms with E-state index in [1.807, 2.05) is 18.2 Å². The van der Waals surface area contributed by atoms with Crippen LogP contribution in [0, 0.1) is 0 Å². The Morgan fingerprint density at radius 3 is 3.14 bits per heavy atom. The molecule has 3 rings (SSSR count). The van der Waals surface area contributed by atoms with E-state index in [0.29, 0.717) is 5.75 Å². The summed E-state index contributed by atoms with van der Waals surface area (Å²) in [6, 6.07) is 9.93. The van der Waals surface area contributed by atoms with Crippen LogP contribution >= 0.6 is 23.5 Å². The van der Waals surface area contributed by atoms with Crippen LogP contribution in [0.25, 0.3) is 0 Å². The van der Waals surface area contributed by atoms with Crippen LogP contribution in [0.5, 0.6) is 0 Å². The van der Waals surface area contributed by atoms with Crippen molar-refractivity contribution in [3.8, 4) is 0 Å². The fraction of sp³-hybridized carbons (Fsp3) is 0.200. The Kier molecular flexibility index (Phi) is 4.36. The van der Waals surface area contributed by atoms with Gasteiger partial charge in [0.05, 0.1) is 19.1 Å². The number of esters is 1. The molecule has 0 radical (unpaired) electrons. The maximum absolute atomic E-state index is 11.5. The molecule has 0 aliphatic carbocycles. The number of carbonyl (C=O) groups is 1. The van der Waals surface area contributed by atoms with Gasteiger partial charge in [-0.1, -0.05) is 41.7 Å². The Hall–Kier alpha value is -1.66. The summed E-state index contributed by atoms with van der Waals surface area (Å²) in [4.78, 5) is 16.2. The zero-order chi connectivity index (χ0) is 14.7. The quantitative estimate of drug-likeness (QED) is 0.792. The van der Waals surface area contributed by atoms with E-state index in [9.17, 15) is 4.79 Å². The molecule has 0 amide bonds. The van der Waals surface area contributed by atoms with Crippen LogP contribution in [0.3, 0.4) is 0 Å². The molecule has 0 bridgehead atoms. The van der Waals surface area contributed by atoms with Crippen LogP contribution in [0.1, 0.15) is 21.7 Å². The molecule has 1 aliphatic rings. The van der Waals surface area contributed by atoms with Crippen molar-refractivity contribution < 1.29 is 13.9 Å². The van der Waals surface area contributed by atoms with Gasteiger partial charge in [0.15, 0.2) is 0 Å². The Balaban J connectivity index is 1.71. The third-order valence-electron chi connectivity index (χ3n) is 3.02. The van der Waals surface area contributed by atoms with E-state index in [2.05, 4.69) is 11.1 Å². The van der Waals surface area contributed by atoms with Crippen molar-refractivity contribution >= 4 is 39.6 Å². The molecule has 0 N–H and O–H groups in total. The molecule has 0 saturated carbocycles. The first-order valence-electron chi connectivity index (χ1n) is 6.35. The number of para-hydroxylation sites is 1. The van der Waals surface area contributed by atoms with E-state index in [1.54, 1.807) is 29.6 Å². The lowest BCUT2D eigenvalue weighted by molar-refractivity contribution is 0.0564. The zero-order valence-corrected chi connectivity index (χ0v) is 13.0. The number of fused-ring (bicyclic) bond motifs is 1.